The first-order valence-electron chi connectivity index (χ1n) is 9.94. The highest BCUT2D eigenvalue weighted by Gasteiger charge is 2.26. The fourth-order valence-electron chi connectivity index (χ4n) is 3.26. The highest BCUT2D eigenvalue weighted by Crippen LogP contribution is 2.34. The summed E-state index contributed by atoms with van der Waals surface area (Å²) in [6.07, 6.45) is 0. The summed E-state index contributed by atoms with van der Waals surface area (Å²) in [4.78, 5) is 26.5. The number of benzene rings is 3. The molecule has 7 nitrogen and oxygen atoms in total. The Kier molecular flexibility index (Phi) is 6.21. The van der Waals surface area contributed by atoms with Crippen LogP contribution in [0.3, 0.4) is 0 Å². The van der Waals surface area contributed by atoms with Crippen molar-refractivity contribution >= 4 is 23.2 Å². The Bertz CT molecular complexity index is 1120. The van der Waals surface area contributed by atoms with E-state index in [1.807, 2.05) is 0 Å². The van der Waals surface area contributed by atoms with Crippen molar-refractivity contribution in [1.82, 2.24) is 0 Å². The van der Waals surface area contributed by atoms with Crippen LogP contribution in [0.15, 0.2) is 66.7 Å². The van der Waals surface area contributed by atoms with Gasteiger partial charge in [0.05, 0.1) is 19.3 Å². The second-order valence-electron chi connectivity index (χ2n) is 7.00. The van der Waals surface area contributed by atoms with Crippen LogP contribution in [0.5, 0.6) is 17.2 Å². The summed E-state index contributed by atoms with van der Waals surface area (Å²) in [6.45, 7) is 0.497. The monoisotopic (exact) mass is 436 g/mol. The summed E-state index contributed by atoms with van der Waals surface area (Å²) in [7, 11) is 1.59. The van der Waals surface area contributed by atoms with Crippen LogP contribution in [0.25, 0.3) is 0 Å². The van der Waals surface area contributed by atoms with Crippen LogP contribution >= 0.6 is 0 Å². The van der Waals surface area contributed by atoms with Crippen molar-refractivity contribution in [2.75, 3.05) is 37.1 Å². The second kappa shape index (κ2) is 9.38. The number of rotatable bonds is 7. The lowest BCUT2D eigenvalue weighted by Crippen LogP contribution is -2.41. The van der Waals surface area contributed by atoms with Crippen molar-refractivity contribution in [3.8, 4) is 17.2 Å². The Hall–Kier alpha value is -4.07. The fourth-order valence-corrected chi connectivity index (χ4v) is 3.26. The molecule has 3 aromatic carbocycles. The summed E-state index contributed by atoms with van der Waals surface area (Å²) in [5.74, 6) is 0.907. The first kappa shape index (κ1) is 21.2. The molecule has 0 saturated carbocycles. The topological polar surface area (TPSA) is 77.1 Å². The third-order valence-electron chi connectivity index (χ3n) is 4.91. The Morgan fingerprint density at radius 3 is 2.50 bits per heavy atom. The molecule has 0 atom stereocenters. The number of methoxy groups -OCH3 is 1. The van der Waals surface area contributed by atoms with Gasteiger partial charge in [-0.2, -0.15) is 0 Å². The van der Waals surface area contributed by atoms with Gasteiger partial charge in [0.25, 0.3) is 11.8 Å². The molecule has 0 saturated heterocycles. The van der Waals surface area contributed by atoms with Crippen LogP contribution in [0.2, 0.25) is 0 Å². The van der Waals surface area contributed by atoms with E-state index in [4.69, 9.17) is 14.2 Å². The Labute approximate surface area is 184 Å². The van der Waals surface area contributed by atoms with Crippen molar-refractivity contribution in [2.24, 2.45) is 0 Å². The molecule has 0 bridgehead atoms. The maximum atomic E-state index is 13.1. The third kappa shape index (κ3) is 4.80. The van der Waals surface area contributed by atoms with Gasteiger partial charge in [-0.15, -0.1) is 0 Å². The maximum absolute atomic E-state index is 13.1. The Balaban J connectivity index is 1.45. The van der Waals surface area contributed by atoms with Crippen molar-refractivity contribution < 1.29 is 28.2 Å². The zero-order chi connectivity index (χ0) is 22.5. The third-order valence-corrected chi connectivity index (χ3v) is 4.91. The first-order chi connectivity index (χ1) is 15.5. The van der Waals surface area contributed by atoms with Crippen molar-refractivity contribution in [1.29, 1.82) is 0 Å². The largest absolute Gasteiger partial charge is 0.497 e. The molecule has 0 spiro atoms. The van der Waals surface area contributed by atoms with Gasteiger partial charge >= 0.3 is 0 Å². The van der Waals surface area contributed by atoms with E-state index in [0.29, 0.717) is 35.0 Å². The van der Waals surface area contributed by atoms with Gasteiger partial charge in [0.2, 0.25) is 0 Å². The molecule has 1 aliphatic rings. The van der Waals surface area contributed by atoms with E-state index in [-0.39, 0.29) is 25.0 Å². The van der Waals surface area contributed by atoms with E-state index in [0.717, 1.165) is 5.75 Å². The van der Waals surface area contributed by atoms with Crippen LogP contribution in [0.4, 0.5) is 15.8 Å². The van der Waals surface area contributed by atoms with Gasteiger partial charge in [-0.1, -0.05) is 0 Å². The molecule has 164 valence electrons. The van der Waals surface area contributed by atoms with Crippen LogP contribution < -0.4 is 24.4 Å². The molecule has 1 N–H and O–H groups in total. The number of carbonyl (C=O) groups is 2. The smallest absolute Gasteiger partial charge is 0.265 e. The standard InChI is InChI=1S/C24H21FN2O5/c1-30-19-7-9-20(10-8-19)31-13-12-27-21-14-18(6-11-22(21)32-15-23(27)28)26-24(29)16-2-4-17(25)5-3-16/h2-11,14H,12-13,15H2,1H3,(H,26,29). The van der Waals surface area contributed by atoms with Gasteiger partial charge in [-0.05, 0) is 66.7 Å². The minimum Gasteiger partial charge on any atom is -0.497 e. The molecular formula is C24H21FN2O5. The summed E-state index contributed by atoms with van der Waals surface area (Å²) in [6, 6.07) is 17.5. The minimum absolute atomic E-state index is 0.0726. The SMILES string of the molecule is COc1ccc(OCCN2C(=O)COc3ccc(NC(=O)c4ccc(F)cc4)cc32)cc1. The molecule has 8 heteroatoms. The fraction of sp³-hybridized carbons (Fsp3) is 0.167. The molecule has 0 aliphatic carbocycles. The van der Waals surface area contributed by atoms with Gasteiger partial charge in [0.15, 0.2) is 6.61 Å². The lowest BCUT2D eigenvalue weighted by atomic mass is 10.1. The molecule has 0 radical (unpaired) electrons. The average molecular weight is 436 g/mol. The van der Waals surface area contributed by atoms with Crippen molar-refractivity contribution in [3.63, 3.8) is 0 Å². The predicted molar refractivity (Wildman–Crippen MR) is 117 cm³/mol. The van der Waals surface area contributed by atoms with Crippen LogP contribution in [0.1, 0.15) is 10.4 Å². The number of nitrogens with zero attached hydrogens (tertiary/aromatic N) is 1. The second-order valence-corrected chi connectivity index (χ2v) is 7.00. The van der Waals surface area contributed by atoms with Crippen molar-refractivity contribution in [3.05, 3.63) is 78.1 Å². The normalized spacial score (nSPS) is 12.6. The zero-order valence-electron chi connectivity index (χ0n) is 17.3. The molecule has 2 amide bonds. The highest BCUT2D eigenvalue weighted by molar-refractivity contribution is 6.05. The molecule has 4 rings (SSSR count). The average Bonchev–Trinajstić information content (AvgIpc) is 2.81. The molecule has 0 unspecified atom stereocenters. The number of hydrogen-bond acceptors (Lipinski definition) is 5. The summed E-state index contributed by atoms with van der Waals surface area (Å²) in [5.41, 5.74) is 1.34. The Morgan fingerprint density at radius 1 is 1.06 bits per heavy atom. The van der Waals surface area contributed by atoms with Gasteiger partial charge in [0.1, 0.15) is 29.7 Å². The lowest BCUT2D eigenvalue weighted by Gasteiger charge is -2.29. The number of anilines is 2. The number of hydrogen-bond donors (Lipinski definition) is 1. The molecule has 1 heterocycles. The molecule has 1 aliphatic heterocycles. The lowest BCUT2D eigenvalue weighted by molar-refractivity contribution is -0.121. The van der Waals surface area contributed by atoms with Crippen molar-refractivity contribution in [2.45, 2.75) is 0 Å². The zero-order valence-corrected chi connectivity index (χ0v) is 17.3. The van der Waals surface area contributed by atoms with Gasteiger partial charge < -0.3 is 24.4 Å². The van der Waals surface area contributed by atoms with E-state index in [2.05, 4.69) is 5.32 Å². The molecule has 32 heavy (non-hydrogen) atoms. The maximum Gasteiger partial charge on any atom is 0.265 e. The van der Waals surface area contributed by atoms with Crippen LogP contribution in [-0.4, -0.2) is 38.7 Å². The molecule has 0 aromatic heterocycles. The summed E-state index contributed by atoms with van der Waals surface area (Å²) in [5, 5.41) is 2.76. The minimum atomic E-state index is -0.418. The number of amides is 2. The summed E-state index contributed by atoms with van der Waals surface area (Å²) >= 11 is 0. The first-order valence-corrected chi connectivity index (χ1v) is 9.94. The highest BCUT2D eigenvalue weighted by atomic mass is 19.1. The van der Waals surface area contributed by atoms with E-state index >= 15 is 0 Å². The van der Waals surface area contributed by atoms with E-state index < -0.39 is 5.82 Å². The van der Waals surface area contributed by atoms with Gasteiger partial charge in [-0.25, -0.2) is 4.39 Å². The van der Waals surface area contributed by atoms with E-state index in [1.165, 1.54) is 24.3 Å². The number of fused-ring (bicyclic) bond motifs is 1. The predicted octanol–water partition coefficient (Wildman–Crippen LogP) is 3.89. The van der Waals surface area contributed by atoms with E-state index in [9.17, 15) is 14.0 Å². The Morgan fingerprint density at radius 2 is 1.78 bits per heavy atom. The van der Waals surface area contributed by atoms with Crippen LogP contribution in [0, 0.1) is 5.82 Å². The number of halogens is 1. The van der Waals surface area contributed by atoms with Gasteiger partial charge in [0, 0.05) is 11.3 Å². The summed E-state index contributed by atoms with van der Waals surface area (Å²) < 4.78 is 29.5. The van der Waals surface area contributed by atoms with E-state index in [1.54, 1.807) is 54.5 Å². The molecular weight excluding hydrogens is 415 g/mol. The quantitative estimate of drug-likeness (QED) is 0.608. The number of ether oxygens (including phenoxy) is 3. The number of nitrogens with one attached hydrogen (secondary N) is 1. The molecule has 0 fully saturated rings. The van der Waals surface area contributed by atoms with Crippen LogP contribution in [-0.2, 0) is 4.79 Å². The van der Waals surface area contributed by atoms with Gasteiger partial charge in [-0.3, -0.25) is 9.59 Å². The number of carbonyl (C=O) groups excluding carboxylic acids is 2. The molecule has 3 aromatic rings.